The van der Waals surface area contributed by atoms with Crippen LogP contribution in [0.4, 0.5) is 5.69 Å². The summed E-state index contributed by atoms with van der Waals surface area (Å²) in [5.74, 6) is 1.04. The van der Waals surface area contributed by atoms with Crippen molar-refractivity contribution in [1.29, 1.82) is 0 Å². The minimum absolute atomic E-state index is 0.0494. The molecule has 0 atom stereocenters. The smallest absolute Gasteiger partial charge is 0.234 e. The molecule has 4 aromatic rings. The number of aromatic nitrogens is 4. The van der Waals surface area contributed by atoms with Crippen LogP contribution in [-0.2, 0) is 11.3 Å². The summed E-state index contributed by atoms with van der Waals surface area (Å²) in [5, 5.41) is 13.6. The summed E-state index contributed by atoms with van der Waals surface area (Å²) in [6, 6.07) is 14.1. The van der Waals surface area contributed by atoms with E-state index in [1.807, 2.05) is 61.0 Å². The molecule has 6 nitrogen and oxygen atoms in total. The van der Waals surface area contributed by atoms with Gasteiger partial charge in [0.2, 0.25) is 5.91 Å². The van der Waals surface area contributed by atoms with E-state index in [9.17, 15) is 4.79 Å². The number of benzene rings is 2. The summed E-state index contributed by atoms with van der Waals surface area (Å²) in [4.78, 5) is 15.8. The minimum Gasteiger partial charge on any atom is -0.360 e. The van der Waals surface area contributed by atoms with Crippen LogP contribution in [0.1, 0.15) is 18.1 Å². The fourth-order valence-electron chi connectivity index (χ4n) is 3.45. The Morgan fingerprint density at radius 3 is 2.62 bits per heavy atom. The molecule has 0 aliphatic carbocycles. The normalized spacial score (nSPS) is 11.1. The van der Waals surface area contributed by atoms with Crippen LogP contribution in [0, 0.1) is 13.8 Å². The molecule has 0 aliphatic heterocycles. The zero-order valence-electron chi connectivity index (χ0n) is 16.7. The highest BCUT2D eigenvalue weighted by atomic mass is 32.2. The second-order valence-corrected chi connectivity index (χ2v) is 7.84. The molecule has 0 bridgehead atoms. The molecule has 0 saturated heterocycles. The van der Waals surface area contributed by atoms with Crippen LogP contribution in [-0.4, -0.2) is 31.4 Å². The topological polar surface area (TPSA) is 75.6 Å². The highest BCUT2D eigenvalue weighted by Crippen LogP contribution is 2.30. The van der Waals surface area contributed by atoms with Crippen LogP contribution in [0.15, 0.2) is 53.8 Å². The fourth-order valence-corrected chi connectivity index (χ4v) is 4.26. The number of para-hydroxylation sites is 2. The summed E-state index contributed by atoms with van der Waals surface area (Å²) in [6.45, 7) is 6.78. The van der Waals surface area contributed by atoms with Crippen LogP contribution < -0.4 is 5.32 Å². The molecule has 2 heterocycles. The Balaban J connectivity index is 1.52. The minimum atomic E-state index is -0.0494. The summed E-state index contributed by atoms with van der Waals surface area (Å²) >= 11 is 1.40. The first kappa shape index (κ1) is 19.3. The van der Waals surface area contributed by atoms with Gasteiger partial charge in [-0.3, -0.25) is 4.79 Å². The van der Waals surface area contributed by atoms with Gasteiger partial charge in [0.1, 0.15) is 0 Å². The molecule has 0 unspecified atom stereocenters. The lowest BCUT2D eigenvalue weighted by molar-refractivity contribution is -0.113. The highest BCUT2D eigenvalue weighted by Gasteiger charge is 2.17. The predicted molar refractivity (Wildman–Crippen MR) is 118 cm³/mol. The number of H-pyrrole nitrogens is 1. The van der Waals surface area contributed by atoms with Gasteiger partial charge in [0.15, 0.2) is 11.0 Å². The van der Waals surface area contributed by atoms with Gasteiger partial charge < -0.3 is 14.9 Å². The fraction of sp³-hybridized carbons (Fsp3) is 0.227. The summed E-state index contributed by atoms with van der Waals surface area (Å²) < 4.78 is 2.05. The van der Waals surface area contributed by atoms with Gasteiger partial charge in [-0.1, -0.05) is 48.2 Å². The largest absolute Gasteiger partial charge is 0.360 e. The highest BCUT2D eigenvalue weighted by molar-refractivity contribution is 7.99. The first-order valence-electron chi connectivity index (χ1n) is 9.57. The Bertz CT molecular complexity index is 1160. The number of hydrogen-bond acceptors (Lipinski definition) is 4. The van der Waals surface area contributed by atoms with E-state index in [-0.39, 0.29) is 11.7 Å². The van der Waals surface area contributed by atoms with Crippen molar-refractivity contribution >= 4 is 34.3 Å². The van der Waals surface area contributed by atoms with E-state index in [2.05, 4.69) is 33.5 Å². The molecule has 2 N–H and O–H groups in total. The maximum absolute atomic E-state index is 12.5. The molecule has 7 heteroatoms. The zero-order chi connectivity index (χ0) is 20.4. The van der Waals surface area contributed by atoms with Crippen molar-refractivity contribution in [3.63, 3.8) is 0 Å². The third kappa shape index (κ3) is 3.78. The van der Waals surface area contributed by atoms with Gasteiger partial charge in [0.25, 0.3) is 0 Å². The van der Waals surface area contributed by atoms with Gasteiger partial charge in [-0.05, 0) is 38.0 Å². The molecular formula is C22H23N5OS. The molecule has 1 amide bonds. The standard InChI is InChI=1S/C22H23N5OS/c1-4-27-21(17-12-23-18-11-6-5-10-16(17)18)25-26-22(27)29-13-19(28)24-20-14(2)8-7-9-15(20)3/h5-12,23H,4,13H2,1-3H3,(H,24,28). The molecule has 2 aromatic carbocycles. The quantitative estimate of drug-likeness (QED) is 0.452. The van der Waals surface area contributed by atoms with E-state index in [1.54, 1.807) is 0 Å². The number of aryl methyl sites for hydroxylation is 2. The maximum atomic E-state index is 12.5. The first-order chi connectivity index (χ1) is 14.1. The Kier molecular flexibility index (Phi) is 5.40. The molecular weight excluding hydrogens is 382 g/mol. The Hall–Kier alpha value is -3.06. The number of hydrogen-bond donors (Lipinski definition) is 2. The van der Waals surface area contributed by atoms with Crippen LogP contribution in [0.5, 0.6) is 0 Å². The number of carbonyl (C=O) groups excluding carboxylic acids is 1. The number of rotatable bonds is 6. The van der Waals surface area contributed by atoms with E-state index < -0.39 is 0 Å². The molecule has 0 aliphatic rings. The molecule has 0 radical (unpaired) electrons. The third-order valence-electron chi connectivity index (χ3n) is 4.94. The summed E-state index contributed by atoms with van der Waals surface area (Å²) in [7, 11) is 0. The number of nitrogens with one attached hydrogen (secondary N) is 2. The maximum Gasteiger partial charge on any atom is 0.234 e. The van der Waals surface area contributed by atoms with Crippen LogP contribution in [0.25, 0.3) is 22.3 Å². The molecule has 29 heavy (non-hydrogen) atoms. The second kappa shape index (κ2) is 8.13. The average Bonchev–Trinajstić information content (AvgIpc) is 3.32. The number of carbonyl (C=O) groups is 1. The van der Waals surface area contributed by atoms with E-state index in [4.69, 9.17) is 0 Å². The van der Waals surface area contributed by atoms with Crippen molar-refractivity contribution in [3.8, 4) is 11.4 Å². The number of amides is 1. The second-order valence-electron chi connectivity index (χ2n) is 6.90. The van der Waals surface area contributed by atoms with Crippen LogP contribution in [0.3, 0.4) is 0 Å². The molecule has 148 valence electrons. The van der Waals surface area contributed by atoms with Gasteiger partial charge in [-0.15, -0.1) is 10.2 Å². The average molecular weight is 406 g/mol. The number of nitrogens with zero attached hydrogens (tertiary/aromatic N) is 3. The SMILES string of the molecule is CCn1c(SCC(=O)Nc2c(C)cccc2C)nnc1-c1c[nH]c2ccccc12. The zero-order valence-corrected chi connectivity index (χ0v) is 17.5. The van der Waals surface area contributed by atoms with Crippen LogP contribution in [0.2, 0.25) is 0 Å². The first-order valence-corrected chi connectivity index (χ1v) is 10.6. The van der Waals surface area contributed by atoms with Gasteiger partial charge in [0, 0.05) is 34.9 Å². The van der Waals surface area contributed by atoms with Crippen molar-refractivity contribution in [3.05, 3.63) is 59.8 Å². The van der Waals surface area contributed by atoms with Gasteiger partial charge in [0.05, 0.1) is 5.75 Å². The predicted octanol–water partition coefficient (Wildman–Crippen LogP) is 4.79. The van der Waals surface area contributed by atoms with Crippen molar-refractivity contribution in [2.45, 2.75) is 32.5 Å². The lowest BCUT2D eigenvalue weighted by Gasteiger charge is -2.11. The third-order valence-corrected chi connectivity index (χ3v) is 5.91. The van der Waals surface area contributed by atoms with Crippen molar-refractivity contribution in [1.82, 2.24) is 19.7 Å². The van der Waals surface area contributed by atoms with E-state index >= 15 is 0 Å². The number of fused-ring (bicyclic) bond motifs is 1. The Morgan fingerprint density at radius 2 is 1.86 bits per heavy atom. The number of anilines is 1. The van der Waals surface area contributed by atoms with E-state index in [0.717, 1.165) is 50.8 Å². The van der Waals surface area contributed by atoms with Gasteiger partial charge in [-0.2, -0.15) is 0 Å². The molecule has 4 rings (SSSR count). The van der Waals surface area contributed by atoms with Crippen LogP contribution >= 0.6 is 11.8 Å². The Labute approximate surface area is 173 Å². The molecule has 0 fully saturated rings. The van der Waals surface area contributed by atoms with E-state index in [1.165, 1.54) is 11.8 Å². The van der Waals surface area contributed by atoms with Gasteiger partial charge >= 0.3 is 0 Å². The molecule has 0 spiro atoms. The summed E-state index contributed by atoms with van der Waals surface area (Å²) in [6.07, 6.45) is 1.96. The van der Waals surface area contributed by atoms with Crippen molar-refractivity contribution in [2.24, 2.45) is 0 Å². The van der Waals surface area contributed by atoms with Crippen molar-refractivity contribution < 1.29 is 4.79 Å². The summed E-state index contributed by atoms with van der Waals surface area (Å²) in [5.41, 5.74) is 5.08. The van der Waals surface area contributed by atoms with E-state index in [0.29, 0.717) is 0 Å². The van der Waals surface area contributed by atoms with Gasteiger partial charge in [-0.25, -0.2) is 0 Å². The number of aromatic amines is 1. The molecule has 2 aromatic heterocycles. The number of thioether (sulfide) groups is 1. The van der Waals surface area contributed by atoms with Crippen molar-refractivity contribution in [2.75, 3.05) is 11.1 Å². The molecule has 0 saturated carbocycles. The lowest BCUT2D eigenvalue weighted by atomic mass is 10.1. The monoisotopic (exact) mass is 405 g/mol. The lowest BCUT2D eigenvalue weighted by Crippen LogP contribution is -2.16. The Morgan fingerprint density at radius 1 is 1.10 bits per heavy atom.